The van der Waals surface area contributed by atoms with Gasteiger partial charge in [0, 0.05) is 0 Å². The Morgan fingerprint density at radius 1 is 1.11 bits per heavy atom. The van der Waals surface area contributed by atoms with Gasteiger partial charge in [0.05, 0.1) is 0 Å². The third-order valence-corrected chi connectivity index (χ3v) is 2.81. The molecule has 1 aromatic rings. The van der Waals surface area contributed by atoms with E-state index in [1.165, 1.54) is 0 Å². The summed E-state index contributed by atoms with van der Waals surface area (Å²) in [6.07, 6.45) is -0.866. The minimum atomic E-state index is -0.960. The van der Waals surface area contributed by atoms with Gasteiger partial charge in [-0.2, -0.15) is 0 Å². The summed E-state index contributed by atoms with van der Waals surface area (Å²) >= 11 is 5.09. The molecule has 0 spiro atoms. The molecule has 1 N–H and O–H groups in total. The highest BCUT2D eigenvalue weighted by atomic mass is 35.5. The Bertz CT molecular complexity index is 457. The van der Waals surface area contributed by atoms with Crippen LogP contribution in [0.2, 0.25) is 0 Å². The number of amides is 2. The van der Waals surface area contributed by atoms with Crippen LogP contribution in [0.3, 0.4) is 0 Å². The molecule has 5 heteroatoms. The maximum atomic E-state index is 11.5. The van der Waals surface area contributed by atoms with Gasteiger partial charge < -0.3 is 4.74 Å². The lowest BCUT2D eigenvalue weighted by Gasteiger charge is -2.18. The van der Waals surface area contributed by atoms with Gasteiger partial charge in [0.2, 0.25) is 0 Å². The van der Waals surface area contributed by atoms with Crippen LogP contribution in [0.5, 0.6) is 5.75 Å². The zero-order valence-corrected chi connectivity index (χ0v) is 12.2. The standard InChI is InChI=1S/C14H18ClNO3/c1-8(2)10-6-5-7-11(9(3)4)12(10)19-14(18)16-13(15)17/h5-9H,1-4H3,(H,16,17,18). The maximum Gasteiger partial charge on any atom is 0.420 e. The molecule has 0 saturated carbocycles. The van der Waals surface area contributed by atoms with Crippen molar-refractivity contribution < 1.29 is 14.3 Å². The van der Waals surface area contributed by atoms with Crippen molar-refractivity contribution in [1.82, 2.24) is 5.32 Å². The summed E-state index contributed by atoms with van der Waals surface area (Å²) in [6.45, 7) is 8.04. The van der Waals surface area contributed by atoms with E-state index < -0.39 is 11.5 Å². The summed E-state index contributed by atoms with van der Waals surface area (Å²) < 4.78 is 5.25. The first kappa shape index (κ1) is 15.5. The predicted octanol–water partition coefficient (Wildman–Crippen LogP) is 4.38. The van der Waals surface area contributed by atoms with Crippen molar-refractivity contribution in [3.63, 3.8) is 0 Å². The number of carbonyl (C=O) groups is 2. The van der Waals surface area contributed by atoms with E-state index in [0.717, 1.165) is 11.1 Å². The third kappa shape index (κ3) is 4.24. The number of nitrogens with one attached hydrogen (secondary N) is 1. The predicted molar refractivity (Wildman–Crippen MR) is 75.0 cm³/mol. The lowest BCUT2D eigenvalue weighted by Crippen LogP contribution is -2.29. The number of halogens is 1. The highest BCUT2D eigenvalue weighted by Gasteiger charge is 2.18. The van der Waals surface area contributed by atoms with Gasteiger partial charge in [-0.3, -0.25) is 4.79 Å². The minimum absolute atomic E-state index is 0.202. The fourth-order valence-electron chi connectivity index (χ4n) is 1.80. The van der Waals surface area contributed by atoms with Gasteiger partial charge in [-0.15, -0.1) is 0 Å². The number of benzene rings is 1. The van der Waals surface area contributed by atoms with Crippen molar-refractivity contribution in [3.05, 3.63) is 29.3 Å². The molecule has 1 aromatic carbocycles. The van der Waals surface area contributed by atoms with Gasteiger partial charge in [0.25, 0.3) is 0 Å². The van der Waals surface area contributed by atoms with Crippen molar-refractivity contribution in [1.29, 1.82) is 0 Å². The number of hydrogen-bond acceptors (Lipinski definition) is 3. The summed E-state index contributed by atoms with van der Waals surface area (Å²) in [7, 11) is 0. The highest BCUT2D eigenvalue weighted by molar-refractivity contribution is 6.64. The smallest absolute Gasteiger partial charge is 0.409 e. The fraction of sp³-hybridized carbons (Fsp3) is 0.429. The molecule has 0 aromatic heterocycles. The van der Waals surface area contributed by atoms with Gasteiger partial charge in [-0.05, 0) is 34.6 Å². The number of carbonyl (C=O) groups excluding carboxylic acids is 2. The molecule has 19 heavy (non-hydrogen) atoms. The largest absolute Gasteiger partial charge is 0.420 e. The molecule has 0 unspecified atom stereocenters. The van der Waals surface area contributed by atoms with Crippen LogP contribution in [0.25, 0.3) is 0 Å². The topological polar surface area (TPSA) is 55.4 Å². The molecule has 0 fully saturated rings. The Kier molecular flexibility index (Phi) is 5.36. The molecular formula is C14H18ClNO3. The Morgan fingerprint density at radius 2 is 1.58 bits per heavy atom. The number of hydrogen-bond donors (Lipinski definition) is 1. The number of imide groups is 1. The van der Waals surface area contributed by atoms with Crippen LogP contribution < -0.4 is 10.1 Å². The third-order valence-electron chi connectivity index (χ3n) is 2.72. The Balaban J connectivity index is 3.14. The number of para-hydroxylation sites is 1. The molecule has 0 saturated heterocycles. The second kappa shape index (κ2) is 6.57. The van der Waals surface area contributed by atoms with E-state index in [2.05, 4.69) is 0 Å². The lowest BCUT2D eigenvalue weighted by atomic mass is 9.94. The van der Waals surface area contributed by atoms with E-state index in [-0.39, 0.29) is 11.8 Å². The van der Waals surface area contributed by atoms with Gasteiger partial charge in [-0.25, -0.2) is 10.1 Å². The van der Waals surface area contributed by atoms with Crippen LogP contribution >= 0.6 is 11.6 Å². The van der Waals surface area contributed by atoms with Gasteiger partial charge >= 0.3 is 11.5 Å². The first-order valence-corrected chi connectivity index (χ1v) is 6.51. The van der Waals surface area contributed by atoms with Crippen molar-refractivity contribution >= 4 is 23.1 Å². The zero-order chi connectivity index (χ0) is 14.6. The molecule has 0 aliphatic carbocycles. The molecule has 0 radical (unpaired) electrons. The van der Waals surface area contributed by atoms with E-state index >= 15 is 0 Å². The van der Waals surface area contributed by atoms with Crippen molar-refractivity contribution in [2.24, 2.45) is 0 Å². The maximum absolute atomic E-state index is 11.5. The monoisotopic (exact) mass is 283 g/mol. The molecule has 0 aliphatic rings. The molecule has 1 rings (SSSR count). The number of ether oxygens (including phenoxy) is 1. The summed E-state index contributed by atoms with van der Waals surface area (Å²) in [4.78, 5) is 22.2. The molecule has 2 amide bonds. The summed E-state index contributed by atoms with van der Waals surface area (Å²) in [5.74, 6) is 0.907. The summed E-state index contributed by atoms with van der Waals surface area (Å²) in [6, 6.07) is 5.74. The second-order valence-corrected chi connectivity index (χ2v) is 5.21. The second-order valence-electron chi connectivity index (χ2n) is 4.86. The fourth-order valence-corrected chi connectivity index (χ4v) is 1.88. The summed E-state index contributed by atoms with van der Waals surface area (Å²) in [5.41, 5.74) is 1.84. The van der Waals surface area contributed by atoms with Crippen LogP contribution in [0.15, 0.2) is 18.2 Å². The molecular weight excluding hydrogens is 266 g/mol. The van der Waals surface area contributed by atoms with Gasteiger partial charge in [-0.1, -0.05) is 45.9 Å². The Hall–Kier alpha value is -1.55. The Labute approximate surface area is 118 Å². The first-order chi connectivity index (χ1) is 8.82. The van der Waals surface area contributed by atoms with Gasteiger partial charge in [0.15, 0.2) is 0 Å². The van der Waals surface area contributed by atoms with E-state index in [4.69, 9.17) is 16.3 Å². The van der Waals surface area contributed by atoms with Crippen molar-refractivity contribution in [3.8, 4) is 5.75 Å². The summed E-state index contributed by atoms with van der Waals surface area (Å²) in [5, 5.41) is 0.929. The molecule has 0 atom stereocenters. The molecule has 0 aliphatic heterocycles. The first-order valence-electron chi connectivity index (χ1n) is 6.14. The average molecular weight is 284 g/mol. The molecule has 104 valence electrons. The normalized spacial score (nSPS) is 10.7. The van der Waals surface area contributed by atoms with Crippen LogP contribution in [0, 0.1) is 0 Å². The quantitative estimate of drug-likeness (QED) is 0.661. The van der Waals surface area contributed by atoms with Crippen LogP contribution in [-0.4, -0.2) is 11.5 Å². The molecule has 0 heterocycles. The van der Waals surface area contributed by atoms with E-state index in [0.29, 0.717) is 5.75 Å². The number of rotatable bonds is 3. The van der Waals surface area contributed by atoms with Crippen molar-refractivity contribution in [2.75, 3.05) is 0 Å². The van der Waals surface area contributed by atoms with E-state index in [1.807, 2.05) is 51.2 Å². The zero-order valence-electron chi connectivity index (χ0n) is 11.5. The van der Waals surface area contributed by atoms with Crippen LogP contribution in [0.4, 0.5) is 9.59 Å². The molecule has 4 nitrogen and oxygen atoms in total. The van der Waals surface area contributed by atoms with Crippen LogP contribution in [-0.2, 0) is 0 Å². The molecule has 0 bridgehead atoms. The van der Waals surface area contributed by atoms with Gasteiger partial charge in [0.1, 0.15) is 5.75 Å². The van der Waals surface area contributed by atoms with Crippen molar-refractivity contribution in [2.45, 2.75) is 39.5 Å². The highest BCUT2D eigenvalue weighted by Crippen LogP contribution is 2.34. The minimum Gasteiger partial charge on any atom is -0.409 e. The average Bonchev–Trinajstić information content (AvgIpc) is 2.27. The lowest BCUT2D eigenvalue weighted by molar-refractivity contribution is 0.200. The SMILES string of the molecule is CC(C)c1cccc(C(C)C)c1OC(=O)NC(=O)Cl. The van der Waals surface area contributed by atoms with Crippen LogP contribution in [0.1, 0.15) is 50.7 Å². The Morgan fingerprint density at radius 3 is 1.95 bits per heavy atom. The van der Waals surface area contributed by atoms with E-state index in [9.17, 15) is 9.59 Å². The van der Waals surface area contributed by atoms with E-state index in [1.54, 1.807) is 0 Å².